The van der Waals surface area contributed by atoms with E-state index in [0.717, 1.165) is 30.1 Å². The van der Waals surface area contributed by atoms with Gasteiger partial charge in [-0.25, -0.2) is 0 Å². The lowest BCUT2D eigenvalue weighted by atomic mass is 9.94. The number of nitrogens with zero attached hydrogens (tertiary/aromatic N) is 3. The number of aromatic nitrogens is 1. The smallest absolute Gasteiger partial charge is 0.264 e. The highest BCUT2D eigenvalue weighted by Gasteiger charge is 2.32. The second-order valence-corrected chi connectivity index (χ2v) is 8.44. The molecule has 0 spiro atoms. The van der Waals surface area contributed by atoms with Crippen molar-refractivity contribution in [3.8, 4) is 0 Å². The number of pyridine rings is 1. The molecule has 0 bridgehead atoms. The van der Waals surface area contributed by atoms with Gasteiger partial charge in [-0.1, -0.05) is 18.2 Å². The van der Waals surface area contributed by atoms with Crippen LogP contribution in [0, 0.1) is 0 Å². The molecule has 2 aromatic heterocycles. The molecule has 1 amide bonds. The molecule has 0 saturated carbocycles. The summed E-state index contributed by atoms with van der Waals surface area (Å²) in [5.74, 6) is 0.524. The fourth-order valence-corrected chi connectivity index (χ4v) is 5.57. The summed E-state index contributed by atoms with van der Waals surface area (Å²) in [5, 5.41) is 1.24. The maximum absolute atomic E-state index is 13.4. The second kappa shape index (κ2) is 7.53. The molecule has 3 aromatic rings. The van der Waals surface area contributed by atoms with Gasteiger partial charge in [-0.3, -0.25) is 9.78 Å². The van der Waals surface area contributed by atoms with E-state index in [2.05, 4.69) is 40.2 Å². The standard InChI is InChI=1S/C22H23N3O2S/c26-22(24-10-12-27-13-11-24)21-20(18-5-1-2-6-19(18)28-21)16-7-9-25(15-16)17-4-3-8-23-14-17/h1-6,8,14,16H,7,9-13,15H2/t16-/m1/s1. The molecule has 5 rings (SSSR count). The summed E-state index contributed by atoms with van der Waals surface area (Å²) in [5.41, 5.74) is 2.40. The lowest BCUT2D eigenvalue weighted by Gasteiger charge is -2.27. The summed E-state index contributed by atoms with van der Waals surface area (Å²) in [6.45, 7) is 4.54. The van der Waals surface area contributed by atoms with Gasteiger partial charge in [-0.2, -0.15) is 0 Å². The molecule has 0 aliphatic carbocycles. The van der Waals surface area contributed by atoms with Crippen LogP contribution in [0.3, 0.4) is 0 Å². The highest BCUT2D eigenvalue weighted by molar-refractivity contribution is 7.21. The zero-order valence-corrected chi connectivity index (χ0v) is 16.5. The van der Waals surface area contributed by atoms with Crippen molar-refractivity contribution in [2.24, 2.45) is 0 Å². The molecule has 2 aliphatic heterocycles. The number of morpholine rings is 1. The molecule has 1 atom stereocenters. The van der Waals surface area contributed by atoms with Gasteiger partial charge in [0.15, 0.2) is 0 Å². The van der Waals surface area contributed by atoms with E-state index in [0.29, 0.717) is 32.2 Å². The molecule has 0 N–H and O–H groups in total. The van der Waals surface area contributed by atoms with Crippen molar-refractivity contribution in [2.75, 3.05) is 44.3 Å². The van der Waals surface area contributed by atoms with Gasteiger partial charge in [0, 0.05) is 43.0 Å². The van der Waals surface area contributed by atoms with Crippen LogP contribution >= 0.6 is 11.3 Å². The molecule has 4 heterocycles. The topological polar surface area (TPSA) is 45.7 Å². The Hall–Kier alpha value is -2.44. The number of benzene rings is 1. The summed E-state index contributed by atoms with van der Waals surface area (Å²) in [6, 6.07) is 12.5. The fourth-order valence-electron chi connectivity index (χ4n) is 4.31. The van der Waals surface area contributed by atoms with Crippen molar-refractivity contribution in [3.05, 3.63) is 59.2 Å². The Morgan fingerprint density at radius 3 is 2.79 bits per heavy atom. The minimum Gasteiger partial charge on any atom is -0.378 e. The summed E-state index contributed by atoms with van der Waals surface area (Å²) in [6.07, 6.45) is 4.79. The zero-order chi connectivity index (χ0) is 18.9. The Morgan fingerprint density at radius 1 is 1.11 bits per heavy atom. The van der Waals surface area contributed by atoms with Gasteiger partial charge in [-0.05, 0) is 35.6 Å². The number of thiophene rings is 1. The van der Waals surface area contributed by atoms with Crippen LogP contribution in [-0.4, -0.2) is 55.2 Å². The Balaban J connectivity index is 1.50. The summed E-state index contributed by atoms with van der Waals surface area (Å²) < 4.78 is 6.64. The number of fused-ring (bicyclic) bond motifs is 1. The number of carbonyl (C=O) groups excluding carboxylic acids is 1. The third-order valence-corrected chi connectivity index (χ3v) is 6.91. The van der Waals surface area contributed by atoms with Crippen LogP contribution in [0.1, 0.15) is 27.6 Å². The first-order valence-corrected chi connectivity index (χ1v) is 10.7. The Kier molecular flexibility index (Phi) is 4.74. The van der Waals surface area contributed by atoms with Crippen LogP contribution in [0.25, 0.3) is 10.1 Å². The Bertz CT molecular complexity index is 982. The maximum Gasteiger partial charge on any atom is 0.264 e. The van der Waals surface area contributed by atoms with E-state index >= 15 is 0 Å². The first-order valence-electron chi connectivity index (χ1n) is 9.84. The second-order valence-electron chi connectivity index (χ2n) is 7.39. The molecular weight excluding hydrogens is 370 g/mol. The van der Waals surface area contributed by atoms with Gasteiger partial charge < -0.3 is 14.5 Å². The van der Waals surface area contributed by atoms with Crippen LogP contribution in [0.5, 0.6) is 0 Å². The molecule has 0 radical (unpaired) electrons. The summed E-state index contributed by atoms with van der Waals surface area (Å²) in [4.78, 5) is 22.9. The lowest BCUT2D eigenvalue weighted by Crippen LogP contribution is -2.40. The van der Waals surface area contributed by atoms with Crippen LogP contribution in [0.4, 0.5) is 5.69 Å². The quantitative estimate of drug-likeness (QED) is 0.680. The number of ether oxygens (including phenoxy) is 1. The number of hydrogen-bond acceptors (Lipinski definition) is 5. The van der Waals surface area contributed by atoms with Crippen LogP contribution in [0.15, 0.2) is 48.8 Å². The third kappa shape index (κ3) is 3.16. The molecule has 6 heteroatoms. The van der Waals surface area contributed by atoms with Gasteiger partial charge in [0.05, 0.1) is 30.0 Å². The van der Waals surface area contributed by atoms with Crippen molar-refractivity contribution in [3.63, 3.8) is 0 Å². The van der Waals surface area contributed by atoms with Gasteiger partial charge >= 0.3 is 0 Å². The number of rotatable bonds is 3. The molecule has 28 heavy (non-hydrogen) atoms. The molecule has 2 aliphatic rings. The molecule has 0 unspecified atom stereocenters. The van der Waals surface area contributed by atoms with Crippen molar-refractivity contribution >= 4 is 33.0 Å². The van der Waals surface area contributed by atoms with E-state index in [1.54, 1.807) is 11.3 Å². The van der Waals surface area contributed by atoms with Crippen molar-refractivity contribution in [2.45, 2.75) is 12.3 Å². The van der Waals surface area contributed by atoms with E-state index < -0.39 is 0 Å². The first-order chi connectivity index (χ1) is 13.8. The van der Waals surface area contributed by atoms with Crippen molar-refractivity contribution in [1.29, 1.82) is 0 Å². The minimum atomic E-state index is 0.166. The van der Waals surface area contributed by atoms with E-state index in [4.69, 9.17) is 4.74 Å². The largest absolute Gasteiger partial charge is 0.378 e. The monoisotopic (exact) mass is 393 g/mol. The highest BCUT2D eigenvalue weighted by Crippen LogP contribution is 2.41. The maximum atomic E-state index is 13.4. The summed E-state index contributed by atoms with van der Waals surface area (Å²) >= 11 is 1.65. The Labute approximate surface area is 168 Å². The van der Waals surface area contributed by atoms with Crippen LogP contribution in [0.2, 0.25) is 0 Å². The van der Waals surface area contributed by atoms with E-state index in [9.17, 15) is 4.79 Å². The fraction of sp³-hybridized carbons (Fsp3) is 0.364. The zero-order valence-electron chi connectivity index (χ0n) is 15.7. The molecule has 1 aromatic carbocycles. The van der Waals surface area contributed by atoms with Crippen LogP contribution in [-0.2, 0) is 4.74 Å². The number of hydrogen-bond donors (Lipinski definition) is 0. The molecule has 2 fully saturated rings. The predicted molar refractivity (Wildman–Crippen MR) is 112 cm³/mol. The number of anilines is 1. The first kappa shape index (κ1) is 17.6. The van der Waals surface area contributed by atoms with E-state index in [1.165, 1.54) is 15.6 Å². The number of carbonyl (C=O) groups is 1. The lowest BCUT2D eigenvalue weighted by molar-refractivity contribution is 0.0305. The van der Waals surface area contributed by atoms with Gasteiger partial charge in [-0.15, -0.1) is 11.3 Å². The minimum absolute atomic E-state index is 0.166. The average Bonchev–Trinajstić information content (AvgIpc) is 3.39. The van der Waals surface area contributed by atoms with Crippen molar-refractivity contribution < 1.29 is 9.53 Å². The van der Waals surface area contributed by atoms with Crippen LogP contribution < -0.4 is 4.90 Å². The average molecular weight is 394 g/mol. The van der Waals surface area contributed by atoms with Gasteiger partial charge in [0.25, 0.3) is 5.91 Å². The molecule has 2 saturated heterocycles. The normalized spacial score (nSPS) is 20.1. The number of amides is 1. The summed E-state index contributed by atoms with van der Waals surface area (Å²) in [7, 11) is 0. The van der Waals surface area contributed by atoms with E-state index in [1.807, 2.05) is 23.4 Å². The molecule has 5 nitrogen and oxygen atoms in total. The third-order valence-electron chi connectivity index (χ3n) is 5.73. The Morgan fingerprint density at radius 2 is 1.96 bits per heavy atom. The highest BCUT2D eigenvalue weighted by atomic mass is 32.1. The predicted octanol–water partition coefficient (Wildman–Crippen LogP) is 3.76. The van der Waals surface area contributed by atoms with Gasteiger partial charge in [0.1, 0.15) is 0 Å². The van der Waals surface area contributed by atoms with Gasteiger partial charge in [0.2, 0.25) is 0 Å². The SMILES string of the molecule is O=C(c1sc2ccccc2c1[C@@H]1CCN(c2cccnc2)C1)N1CCOCC1. The van der Waals surface area contributed by atoms with E-state index in [-0.39, 0.29) is 5.91 Å². The molecular formula is C22H23N3O2S. The molecule has 144 valence electrons. The van der Waals surface area contributed by atoms with Crippen molar-refractivity contribution in [1.82, 2.24) is 9.88 Å².